The van der Waals surface area contributed by atoms with Gasteiger partial charge in [-0.2, -0.15) is 13.2 Å². The molecule has 0 aromatic carbocycles. The molecule has 0 spiro atoms. The van der Waals surface area contributed by atoms with Crippen LogP contribution < -0.4 is 0 Å². The minimum absolute atomic E-state index is 0.0317. The average Bonchev–Trinajstić information content (AvgIpc) is 1.78. The number of halogens is 3. The van der Waals surface area contributed by atoms with E-state index >= 15 is 0 Å². The van der Waals surface area contributed by atoms with Crippen molar-refractivity contribution in [2.75, 3.05) is 6.61 Å². The molecule has 10 heavy (non-hydrogen) atoms. The maximum Gasteiger partial charge on any atom is 0.409 e. The third kappa shape index (κ3) is 7.49. The summed E-state index contributed by atoms with van der Waals surface area (Å²) in [4.78, 5) is 0. The smallest absolute Gasteiger partial charge is 0.372 e. The summed E-state index contributed by atoms with van der Waals surface area (Å²) in [6.07, 6.45) is -3.16. The van der Waals surface area contributed by atoms with Crippen LogP contribution in [0.4, 0.5) is 13.2 Å². The van der Waals surface area contributed by atoms with Crippen LogP contribution in [0, 0.1) is 6.61 Å². The maximum absolute atomic E-state index is 11.3. The molecule has 0 bridgehead atoms. The number of hydrogen-bond acceptors (Lipinski definition) is 1. The lowest BCUT2D eigenvalue weighted by Gasteiger charge is -1.96. The molecule has 0 fully saturated rings. The second-order valence-corrected chi connectivity index (χ2v) is 1.51. The Hall–Kier alpha value is -0.510. The van der Waals surface area contributed by atoms with Crippen LogP contribution in [0.2, 0.25) is 0 Å². The molecule has 0 saturated heterocycles. The maximum atomic E-state index is 11.3. The number of hydrogen-bond donors (Lipinski definition) is 0. The van der Waals surface area contributed by atoms with Crippen LogP contribution in [0.3, 0.4) is 0 Å². The molecule has 0 heterocycles. The predicted molar refractivity (Wildman–Crippen MR) is 31.1 cm³/mol. The van der Waals surface area contributed by atoms with Crippen LogP contribution in [0.5, 0.6) is 0 Å². The minimum Gasteiger partial charge on any atom is -0.372 e. The van der Waals surface area contributed by atoms with Crippen molar-refractivity contribution < 1.29 is 17.9 Å². The highest BCUT2D eigenvalue weighted by Gasteiger charge is 2.21. The summed E-state index contributed by atoms with van der Waals surface area (Å²) in [5, 5.41) is 0. The molecule has 0 aliphatic heterocycles. The highest BCUT2D eigenvalue weighted by Crippen LogP contribution is 2.15. The van der Waals surface area contributed by atoms with Crippen LogP contribution in [-0.2, 0) is 4.74 Å². The summed E-state index contributed by atoms with van der Waals surface area (Å²) in [6, 6.07) is 0. The molecule has 0 aromatic heterocycles. The van der Waals surface area contributed by atoms with E-state index in [9.17, 15) is 13.2 Å². The van der Waals surface area contributed by atoms with Gasteiger partial charge in [-0.3, -0.25) is 0 Å². The second kappa shape index (κ2) is 4.33. The summed E-state index contributed by atoms with van der Waals surface area (Å²) in [6.45, 7) is 2.90. The van der Waals surface area contributed by atoms with E-state index in [1.807, 2.05) is 0 Å². The van der Waals surface area contributed by atoms with Crippen molar-refractivity contribution in [1.82, 2.24) is 0 Å². The summed E-state index contributed by atoms with van der Waals surface area (Å²) in [5.41, 5.74) is 0. The van der Waals surface area contributed by atoms with E-state index in [-0.39, 0.29) is 12.7 Å². The predicted octanol–water partition coefficient (Wildman–Crippen LogP) is 2.30. The molecule has 0 amide bonds. The van der Waals surface area contributed by atoms with E-state index in [4.69, 9.17) is 0 Å². The molecule has 59 valence electrons. The van der Waals surface area contributed by atoms with E-state index in [1.54, 1.807) is 6.92 Å². The van der Waals surface area contributed by atoms with Gasteiger partial charge in [0, 0.05) is 6.08 Å². The lowest BCUT2D eigenvalue weighted by atomic mass is 10.5. The van der Waals surface area contributed by atoms with Crippen LogP contribution >= 0.6 is 0 Å². The zero-order chi connectivity index (χ0) is 8.04. The molecule has 0 N–H and O–H groups in total. The lowest BCUT2D eigenvalue weighted by Crippen LogP contribution is -2.01. The third-order valence-electron chi connectivity index (χ3n) is 0.666. The first-order valence-corrected chi connectivity index (χ1v) is 2.70. The van der Waals surface area contributed by atoms with Crippen molar-refractivity contribution in [3.8, 4) is 0 Å². The third-order valence-corrected chi connectivity index (χ3v) is 0.666. The van der Waals surface area contributed by atoms with Gasteiger partial charge in [-0.1, -0.05) is 6.08 Å². The molecule has 0 aromatic rings. The Labute approximate surface area is 57.5 Å². The van der Waals surface area contributed by atoms with Crippen molar-refractivity contribution in [3.05, 3.63) is 18.8 Å². The molecule has 0 atom stereocenters. The molecular weight excluding hydrogens is 145 g/mol. The SMILES string of the molecule is C[CH]OC/C=C/C(F)(F)F. The monoisotopic (exact) mass is 153 g/mol. The Bertz CT molecular complexity index is 106. The van der Waals surface area contributed by atoms with Gasteiger partial charge in [0.15, 0.2) is 0 Å². The van der Waals surface area contributed by atoms with Crippen molar-refractivity contribution in [1.29, 1.82) is 0 Å². The Morgan fingerprint density at radius 1 is 1.40 bits per heavy atom. The highest BCUT2D eigenvalue weighted by molar-refractivity contribution is 4.88. The van der Waals surface area contributed by atoms with Gasteiger partial charge in [0.1, 0.15) is 0 Å². The molecule has 0 saturated carbocycles. The van der Waals surface area contributed by atoms with Gasteiger partial charge in [-0.15, -0.1) is 0 Å². The average molecular weight is 153 g/mol. The summed E-state index contributed by atoms with van der Waals surface area (Å²) >= 11 is 0. The van der Waals surface area contributed by atoms with Gasteiger partial charge >= 0.3 is 6.18 Å². The minimum atomic E-state index is -4.23. The van der Waals surface area contributed by atoms with Crippen LogP contribution in [-0.4, -0.2) is 12.8 Å². The number of rotatable bonds is 3. The van der Waals surface area contributed by atoms with E-state index < -0.39 is 6.18 Å². The Kier molecular flexibility index (Phi) is 4.11. The van der Waals surface area contributed by atoms with E-state index in [2.05, 4.69) is 4.74 Å². The molecular formula is C6H8F3O. The number of allylic oxidation sites excluding steroid dienone is 1. The standard InChI is InChI=1S/C6H8F3O/c1-2-10-5-3-4-6(7,8)9/h2-4H,5H2,1H3/b4-3+. The summed E-state index contributed by atoms with van der Waals surface area (Å²) in [5.74, 6) is 0. The van der Waals surface area contributed by atoms with Crippen molar-refractivity contribution in [2.45, 2.75) is 13.1 Å². The number of ether oxygens (including phenoxy) is 1. The second-order valence-electron chi connectivity index (χ2n) is 1.51. The van der Waals surface area contributed by atoms with Crippen LogP contribution in [0.1, 0.15) is 6.92 Å². The Morgan fingerprint density at radius 3 is 2.40 bits per heavy atom. The van der Waals surface area contributed by atoms with Gasteiger partial charge in [-0.05, 0) is 6.92 Å². The first-order valence-electron chi connectivity index (χ1n) is 2.70. The Morgan fingerprint density at radius 2 is 2.00 bits per heavy atom. The summed E-state index contributed by atoms with van der Waals surface area (Å²) in [7, 11) is 0. The van der Waals surface area contributed by atoms with Gasteiger partial charge < -0.3 is 4.74 Å². The zero-order valence-corrected chi connectivity index (χ0v) is 5.48. The molecule has 1 radical (unpaired) electrons. The van der Waals surface area contributed by atoms with Gasteiger partial charge in [0.25, 0.3) is 0 Å². The lowest BCUT2D eigenvalue weighted by molar-refractivity contribution is -0.0802. The Balaban J connectivity index is 3.37. The van der Waals surface area contributed by atoms with Gasteiger partial charge in [0.2, 0.25) is 0 Å². The van der Waals surface area contributed by atoms with E-state index in [0.29, 0.717) is 0 Å². The fourth-order valence-electron chi connectivity index (χ4n) is 0.334. The number of alkyl halides is 3. The first-order chi connectivity index (χ1) is 4.56. The van der Waals surface area contributed by atoms with Gasteiger partial charge in [0.05, 0.1) is 13.2 Å². The molecule has 0 aliphatic rings. The zero-order valence-electron chi connectivity index (χ0n) is 5.48. The van der Waals surface area contributed by atoms with Crippen LogP contribution in [0.25, 0.3) is 0 Å². The van der Waals surface area contributed by atoms with E-state index in [1.165, 1.54) is 6.61 Å². The molecule has 1 nitrogen and oxygen atoms in total. The fourth-order valence-corrected chi connectivity index (χ4v) is 0.334. The van der Waals surface area contributed by atoms with Gasteiger partial charge in [-0.25, -0.2) is 0 Å². The fraction of sp³-hybridized carbons (Fsp3) is 0.500. The quantitative estimate of drug-likeness (QED) is 0.446. The topological polar surface area (TPSA) is 9.23 Å². The normalized spacial score (nSPS) is 12.8. The molecule has 0 rings (SSSR count). The van der Waals surface area contributed by atoms with Crippen LogP contribution in [0.15, 0.2) is 12.2 Å². The molecule has 0 aliphatic carbocycles. The van der Waals surface area contributed by atoms with Crippen molar-refractivity contribution in [2.24, 2.45) is 0 Å². The molecule has 0 unspecified atom stereocenters. The largest absolute Gasteiger partial charge is 0.409 e. The van der Waals surface area contributed by atoms with E-state index in [0.717, 1.165) is 6.08 Å². The van der Waals surface area contributed by atoms with Crippen molar-refractivity contribution >= 4 is 0 Å². The highest BCUT2D eigenvalue weighted by atomic mass is 19.4. The van der Waals surface area contributed by atoms with Crippen molar-refractivity contribution in [3.63, 3.8) is 0 Å². The summed E-state index contributed by atoms with van der Waals surface area (Å²) < 4.78 is 38.5. The molecule has 4 heteroatoms. The first kappa shape index (κ1) is 9.49.